The predicted octanol–water partition coefficient (Wildman–Crippen LogP) is 3.92. The van der Waals surface area contributed by atoms with Gasteiger partial charge >= 0.3 is 0 Å². The summed E-state index contributed by atoms with van der Waals surface area (Å²) in [4.78, 5) is 13.9. The molecule has 1 amide bonds. The highest BCUT2D eigenvalue weighted by Crippen LogP contribution is 2.33. The Bertz CT molecular complexity index is 939. The highest BCUT2D eigenvalue weighted by molar-refractivity contribution is 9.10. The van der Waals surface area contributed by atoms with Crippen molar-refractivity contribution in [3.05, 3.63) is 57.3 Å². The Kier molecular flexibility index (Phi) is 4.69. The Balaban J connectivity index is 1.48. The van der Waals surface area contributed by atoms with E-state index in [4.69, 9.17) is 9.47 Å². The molecule has 1 aliphatic heterocycles. The minimum Gasteiger partial charge on any atom is -0.482 e. The van der Waals surface area contributed by atoms with Crippen LogP contribution in [0, 0.1) is 0 Å². The summed E-state index contributed by atoms with van der Waals surface area (Å²) in [5, 5.41) is 9.21. The molecule has 0 saturated heterocycles. The van der Waals surface area contributed by atoms with E-state index in [1.807, 2.05) is 36.6 Å². The highest BCUT2D eigenvalue weighted by Gasteiger charge is 2.34. The number of carbonyl (C=O) groups is 1. The molecule has 1 aromatic carbocycles. The van der Waals surface area contributed by atoms with Gasteiger partial charge in [-0.2, -0.15) is 5.10 Å². The van der Waals surface area contributed by atoms with Gasteiger partial charge in [0.05, 0.1) is 12.7 Å². The van der Waals surface area contributed by atoms with Crippen LogP contribution in [0.2, 0.25) is 0 Å². The number of thiophene rings is 1. The van der Waals surface area contributed by atoms with Crippen molar-refractivity contribution in [3.63, 3.8) is 0 Å². The number of rotatable bonds is 4. The number of hydrogen-bond acceptors (Lipinski definition) is 5. The van der Waals surface area contributed by atoms with Gasteiger partial charge in [-0.3, -0.25) is 4.79 Å². The van der Waals surface area contributed by atoms with Crippen LogP contribution in [0.25, 0.3) is 0 Å². The lowest BCUT2D eigenvalue weighted by molar-refractivity contribution is -0.128. The molecule has 2 unspecified atom stereocenters. The number of nitrogens with one attached hydrogen (secondary N) is 1. The van der Waals surface area contributed by atoms with Gasteiger partial charge < -0.3 is 14.8 Å². The van der Waals surface area contributed by atoms with Gasteiger partial charge in [-0.25, -0.2) is 4.68 Å². The van der Waals surface area contributed by atoms with Gasteiger partial charge in [0.1, 0.15) is 11.9 Å². The number of benzene rings is 1. The molecule has 134 valence electrons. The third-order valence-corrected chi connectivity index (χ3v) is 5.68. The fraction of sp³-hybridized carbons (Fsp3) is 0.222. The summed E-state index contributed by atoms with van der Waals surface area (Å²) in [6.45, 7) is 2.40. The number of carbonyl (C=O) groups excluding carboxylic acids is 1. The number of amides is 1. The Morgan fingerprint density at radius 1 is 1.31 bits per heavy atom. The first kappa shape index (κ1) is 17.1. The van der Waals surface area contributed by atoms with E-state index >= 15 is 0 Å². The quantitative estimate of drug-likeness (QED) is 0.676. The monoisotopic (exact) mass is 433 g/mol. The van der Waals surface area contributed by atoms with E-state index in [2.05, 4.69) is 26.3 Å². The van der Waals surface area contributed by atoms with Gasteiger partial charge in [0.2, 0.25) is 6.10 Å². The normalized spacial score (nSPS) is 18.5. The minimum atomic E-state index is -0.732. The lowest BCUT2D eigenvalue weighted by atomic mass is 10.1. The van der Waals surface area contributed by atoms with Gasteiger partial charge in [-0.1, -0.05) is 12.1 Å². The molecule has 2 aromatic heterocycles. The highest BCUT2D eigenvalue weighted by atomic mass is 79.9. The molecular weight excluding hydrogens is 418 g/mol. The van der Waals surface area contributed by atoms with Crippen LogP contribution in [0.4, 0.5) is 5.82 Å². The van der Waals surface area contributed by atoms with E-state index in [9.17, 15) is 4.79 Å². The SMILES string of the molecule is CC1Oc2ccccc2OC1C(=O)Nc1ccnn1Cc1cc(Br)cs1. The number of nitrogens with zero attached hydrogens (tertiary/aromatic N) is 2. The average Bonchev–Trinajstić information content (AvgIpc) is 3.23. The fourth-order valence-electron chi connectivity index (χ4n) is 2.75. The first-order valence-corrected chi connectivity index (χ1v) is 9.75. The number of para-hydroxylation sites is 2. The summed E-state index contributed by atoms with van der Waals surface area (Å²) < 4.78 is 14.4. The predicted molar refractivity (Wildman–Crippen MR) is 103 cm³/mol. The third kappa shape index (κ3) is 3.47. The molecule has 1 N–H and O–H groups in total. The second-order valence-corrected chi connectivity index (χ2v) is 7.81. The maximum Gasteiger partial charge on any atom is 0.270 e. The van der Waals surface area contributed by atoms with Crippen LogP contribution in [0.3, 0.4) is 0 Å². The summed E-state index contributed by atoms with van der Waals surface area (Å²) in [6, 6.07) is 11.1. The van der Waals surface area contributed by atoms with E-state index in [0.717, 1.165) is 9.35 Å². The van der Waals surface area contributed by atoms with Crippen molar-refractivity contribution in [2.45, 2.75) is 25.7 Å². The molecule has 1 aliphatic rings. The molecule has 0 saturated carbocycles. The third-order valence-electron chi connectivity index (χ3n) is 4.00. The zero-order valence-electron chi connectivity index (χ0n) is 13.9. The largest absolute Gasteiger partial charge is 0.482 e. The fourth-order valence-corrected chi connectivity index (χ4v) is 4.18. The molecule has 0 spiro atoms. The van der Waals surface area contributed by atoms with Crippen LogP contribution in [0.1, 0.15) is 11.8 Å². The topological polar surface area (TPSA) is 65.4 Å². The Morgan fingerprint density at radius 3 is 2.81 bits per heavy atom. The molecule has 0 aliphatic carbocycles. The molecule has 8 heteroatoms. The van der Waals surface area contributed by atoms with E-state index in [1.54, 1.807) is 34.3 Å². The maximum absolute atomic E-state index is 12.7. The lowest BCUT2D eigenvalue weighted by Crippen LogP contribution is -2.46. The van der Waals surface area contributed by atoms with Gasteiger partial charge in [0.15, 0.2) is 11.5 Å². The Hall–Kier alpha value is -2.32. The van der Waals surface area contributed by atoms with Crippen molar-refractivity contribution in [2.24, 2.45) is 0 Å². The van der Waals surface area contributed by atoms with E-state index in [1.165, 1.54) is 0 Å². The van der Waals surface area contributed by atoms with Crippen molar-refractivity contribution in [1.29, 1.82) is 0 Å². The molecule has 26 heavy (non-hydrogen) atoms. The van der Waals surface area contributed by atoms with E-state index in [0.29, 0.717) is 23.9 Å². The van der Waals surface area contributed by atoms with Crippen LogP contribution < -0.4 is 14.8 Å². The van der Waals surface area contributed by atoms with Crippen LogP contribution >= 0.6 is 27.3 Å². The van der Waals surface area contributed by atoms with Crippen molar-refractivity contribution in [2.75, 3.05) is 5.32 Å². The van der Waals surface area contributed by atoms with Crippen molar-refractivity contribution < 1.29 is 14.3 Å². The van der Waals surface area contributed by atoms with Crippen LogP contribution in [-0.4, -0.2) is 27.9 Å². The summed E-state index contributed by atoms with van der Waals surface area (Å²) >= 11 is 5.08. The molecule has 3 heterocycles. The molecule has 6 nitrogen and oxygen atoms in total. The van der Waals surface area contributed by atoms with Crippen LogP contribution in [0.5, 0.6) is 11.5 Å². The summed E-state index contributed by atoms with van der Waals surface area (Å²) in [5.41, 5.74) is 0. The van der Waals surface area contributed by atoms with Crippen molar-refractivity contribution in [1.82, 2.24) is 9.78 Å². The Morgan fingerprint density at radius 2 is 2.08 bits per heavy atom. The van der Waals surface area contributed by atoms with Gasteiger partial charge in [-0.15, -0.1) is 11.3 Å². The van der Waals surface area contributed by atoms with Gasteiger partial charge in [0, 0.05) is 20.8 Å². The van der Waals surface area contributed by atoms with Crippen molar-refractivity contribution >= 4 is 39.0 Å². The first-order chi connectivity index (χ1) is 12.6. The second kappa shape index (κ2) is 7.13. The van der Waals surface area contributed by atoms with E-state index < -0.39 is 12.2 Å². The van der Waals surface area contributed by atoms with Gasteiger partial charge in [0.25, 0.3) is 5.91 Å². The molecular formula is C18H16BrN3O3S. The number of hydrogen-bond donors (Lipinski definition) is 1. The zero-order chi connectivity index (χ0) is 18.1. The molecule has 3 aromatic rings. The lowest BCUT2D eigenvalue weighted by Gasteiger charge is -2.31. The van der Waals surface area contributed by atoms with Crippen LogP contribution in [0.15, 0.2) is 52.4 Å². The standard InChI is InChI=1S/C18H16BrN3O3S/c1-11-17(25-15-5-3-2-4-14(15)24-11)18(23)21-16-6-7-20-22(16)9-13-8-12(19)10-26-13/h2-8,10-11,17H,9H2,1H3,(H,21,23). The molecule has 0 bridgehead atoms. The molecule has 0 radical (unpaired) electrons. The first-order valence-electron chi connectivity index (χ1n) is 8.08. The Labute approximate surface area is 162 Å². The number of ether oxygens (including phenoxy) is 2. The number of aromatic nitrogens is 2. The van der Waals surface area contributed by atoms with E-state index in [-0.39, 0.29) is 5.91 Å². The molecule has 0 fully saturated rings. The van der Waals surface area contributed by atoms with Crippen LogP contribution in [-0.2, 0) is 11.3 Å². The molecule has 4 rings (SSSR count). The minimum absolute atomic E-state index is 0.263. The van der Waals surface area contributed by atoms with Gasteiger partial charge in [-0.05, 0) is 41.1 Å². The maximum atomic E-state index is 12.7. The smallest absolute Gasteiger partial charge is 0.270 e. The number of halogens is 1. The number of fused-ring (bicyclic) bond motifs is 1. The van der Waals surface area contributed by atoms with Crippen molar-refractivity contribution in [3.8, 4) is 11.5 Å². The average molecular weight is 434 g/mol. The zero-order valence-corrected chi connectivity index (χ0v) is 16.3. The molecule has 2 atom stereocenters. The summed E-state index contributed by atoms with van der Waals surface area (Å²) in [7, 11) is 0. The summed E-state index contributed by atoms with van der Waals surface area (Å²) in [5.74, 6) is 1.58. The summed E-state index contributed by atoms with van der Waals surface area (Å²) in [6.07, 6.45) is 0.536. The number of anilines is 1. The second-order valence-electron chi connectivity index (χ2n) is 5.90.